The van der Waals surface area contributed by atoms with Crippen LogP contribution in [0.4, 0.5) is 0 Å². The summed E-state index contributed by atoms with van der Waals surface area (Å²) in [6.45, 7) is 9.65. The third-order valence-electron chi connectivity index (χ3n) is 2.48. The van der Waals surface area contributed by atoms with Crippen LogP contribution in [-0.4, -0.2) is 74.4 Å². The fourth-order valence-corrected chi connectivity index (χ4v) is 1.42. The summed E-state index contributed by atoms with van der Waals surface area (Å²) in [4.78, 5) is 4.36. The molecule has 0 aromatic carbocycles. The molecule has 0 rings (SSSR count). The highest BCUT2D eigenvalue weighted by atomic mass is 16.3. The number of hydrogen-bond donors (Lipinski definition) is 2. The summed E-state index contributed by atoms with van der Waals surface area (Å²) in [5.41, 5.74) is 0. The minimum absolute atomic E-state index is 0.257. The molecule has 0 bridgehead atoms. The van der Waals surface area contributed by atoms with Gasteiger partial charge in [0.25, 0.3) is 0 Å². The lowest BCUT2D eigenvalue weighted by Crippen LogP contribution is -2.39. The molecule has 0 fully saturated rings. The Bertz CT molecular complexity index is 138. The van der Waals surface area contributed by atoms with Crippen LogP contribution in [0, 0.1) is 0 Å². The molecule has 92 valence electrons. The molecule has 1 unspecified atom stereocenters. The lowest BCUT2D eigenvalue weighted by Gasteiger charge is -2.22. The van der Waals surface area contributed by atoms with Crippen LogP contribution in [0.15, 0.2) is 0 Å². The third kappa shape index (κ3) is 8.81. The highest BCUT2D eigenvalue weighted by Gasteiger charge is 2.07. The van der Waals surface area contributed by atoms with E-state index in [1.807, 2.05) is 14.1 Å². The summed E-state index contributed by atoms with van der Waals surface area (Å²) >= 11 is 0. The fourth-order valence-electron chi connectivity index (χ4n) is 1.42. The van der Waals surface area contributed by atoms with Crippen LogP contribution < -0.4 is 5.32 Å². The fraction of sp³-hybridized carbons (Fsp3) is 1.00. The smallest absolute Gasteiger partial charge is 0.0791 e. The first-order valence-electron chi connectivity index (χ1n) is 5.86. The van der Waals surface area contributed by atoms with Crippen LogP contribution in [-0.2, 0) is 0 Å². The van der Waals surface area contributed by atoms with Crippen molar-refractivity contribution in [1.82, 2.24) is 15.1 Å². The minimum Gasteiger partial charge on any atom is -0.390 e. The van der Waals surface area contributed by atoms with Crippen LogP contribution in [0.2, 0.25) is 0 Å². The molecule has 0 saturated heterocycles. The Labute approximate surface area is 94.3 Å². The third-order valence-corrected chi connectivity index (χ3v) is 2.48. The molecule has 2 N–H and O–H groups in total. The molecule has 0 aromatic heterocycles. The van der Waals surface area contributed by atoms with Gasteiger partial charge in [0.05, 0.1) is 6.10 Å². The van der Waals surface area contributed by atoms with Gasteiger partial charge in [-0.15, -0.1) is 0 Å². The van der Waals surface area contributed by atoms with Crippen LogP contribution in [0.1, 0.15) is 13.8 Å². The summed E-state index contributed by atoms with van der Waals surface area (Å²) in [5, 5.41) is 13.0. The second-order valence-electron chi connectivity index (χ2n) is 4.15. The van der Waals surface area contributed by atoms with Gasteiger partial charge < -0.3 is 20.2 Å². The van der Waals surface area contributed by atoms with Gasteiger partial charge in [-0.05, 0) is 27.2 Å². The van der Waals surface area contributed by atoms with Crippen LogP contribution >= 0.6 is 0 Å². The van der Waals surface area contributed by atoms with Crippen molar-refractivity contribution < 1.29 is 5.11 Å². The van der Waals surface area contributed by atoms with Crippen LogP contribution in [0.25, 0.3) is 0 Å². The molecule has 0 radical (unpaired) electrons. The zero-order valence-corrected chi connectivity index (χ0v) is 10.7. The Morgan fingerprint density at radius 3 is 2.27 bits per heavy atom. The zero-order chi connectivity index (χ0) is 11.7. The Kier molecular flexibility index (Phi) is 9.00. The Morgan fingerprint density at radius 2 is 1.80 bits per heavy atom. The Hall–Kier alpha value is -0.160. The number of likely N-dealkylation sites (N-methyl/N-ethyl adjacent to an activating group) is 2. The lowest BCUT2D eigenvalue weighted by atomic mass is 10.3. The topological polar surface area (TPSA) is 38.7 Å². The van der Waals surface area contributed by atoms with Gasteiger partial charge >= 0.3 is 0 Å². The second-order valence-corrected chi connectivity index (χ2v) is 4.15. The van der Waals surface area contributed by atoms with Gasteiger partial charge in [-0.3, -0.25) is 0 Å². The Morgan fingerprint density at radius 1 is 1.20 bits per heavy atom. The first kappa shape index (κ1) is 14.8. The molecule has 0 heterocycles. The largest absolute Gasteiger partial charge is 0.390 e. The van der Waals surface area contributed by atoms with Crippen molar-refractivity contribution in [2.24, 2.45) is 0 Å². The van der Waals surface area contributed by atoms with Gasteiger partial charge in [0.2, 0.25) is 0 Å². The van der Waals surface area contributed by atoms with Crippen molar-refractivity contribution in [3.8, 4) is 0 Å². The summed E-state index contributed by atoms with van der Waals surface area (Å²) in [6.07, 6.45) is -0.257. The van der Waals surface area contributed by atoms with Crippen LogP contribution in [0.5, 0.6) is 0 Å². The SMILES string of the molecule is CCN(CC)CC(O)CNCCN(C)C. The molecule has 0 aliphatic heterocycles. The van der Waals surface area contributed by atoms with Gasteiger partial charge in [0.15, 0.2) is 0 Å². The van der Waals surface area contributed by atoms with E-state index in [1.165, 1.54) is 0 Å². The second kappa shape index (κ2) is 9.09. The molecule has 0 spiro atoms. The maximum absolute atomic E-state index is 9.73. The van der Waals surface area contributed by atoms with Gasteiger partial charge in [0, 0.05) is 26.2 Å². The average molecular weight is 217 g/mol. The molecular formula is C11H27N3O. The van der Waals surface area contributed by atoms with Crippen molar-refractivity contribution in [3.63, 3.8) is 0 Å². The van der Waals surface area contributed by atoms with E-state index in [0.717, 1.165) is 32.7 Å². The van der Waals surface area contributed by atoms with E-state index < -0.39 is 0 Å². The molecule has 4 heteroatoms. The molecule has 1 atom stereocenters. The number of nitrogens with zero attached hydrogens (tertiary/aromatic N) is 2. The molecule has 0 saturated carbocycles. The number of rotatable bonds is 9. The first-order chi connectivity index (χ1) is 7.10. The Balaban J connectivity index is 3.43. The highest BCUT2D eigenvalue weighted by Crippen LogP contribution is 1.90. The van der Waals surface area contributed by atoms with E-state index >= 15 is 0 Å². The number of aliphatic hydroxyl groups excluding tert-OH is 1. The van der Waals surface area contributed by atoms with Gasteiger partial charge in [-0.25, -0.2) is 0 Å². The molecule has 0 amide bonds. The van der Waals surface area contributed by atoms with E-state index in [9.17, 15) is 5.11 Å². The van der Waals surface area contributed by atoms with Gasteiger partial charge in [0.1, 0.15) is 0 Å². The summed E-state index contributed by atoms with van der Waals surface area (Å²) in [5.74, 6) is 0. The van der Waals surface area contributed by atoms with Crippen molar-refractivity contribution in [3.05, 3.63) is 0 Å². The number of nitrogens with one attached hydrogen (secondary N) is 1. The predicted molar refractivity (Wildman–Crippen MR) is 65.2 cm³/mol. The molecule has 15 heavy (non-hydrogen) atoms. The van der Waals surface area contributed by atoms with Crippen molar-refractivity contribution in [2.45, 2.75) is 20.0 Å². The first-order valence-corrected chi connectivity index (χ1v) is 5.86. The summed E-state index contributed by atoms with van der Waals surface area (Å²) in [7, 11) is 4.10. The quantitative estimate of drug-likeness (QED) is 0.527. The monoisotopic (exact) mass is 217 g/mol. The molecule has 0 aliphatic rings. The molecule has 0 aliphatic carbocycles. The normalized spacial score (nSPS) is 13.8. The van der Waals surface area contributed by atoms with E-state index in [-0.39, 0.29) is 6.10 Å². The van der Waals surface area contributed by atoms with E-state index in [2.05, 4.69) is 29.0 Å². The standard InChI is InChI=1S/C11H27N3O/c1-5-14(6-2)10-11(15)9-12-7-8-13(3)4/h11-12,15H,5-10H2,1-4H3. The minimum atomic E-state index is -0.257. The average Bonchev–Trinajstić information content (AvgIpc) is 2.20. The molecule has 4 nitrogen and oxygen atoms in total. The van der Waals surface area contributed by atoms with E-state index in [0.29, 0.717) is 6.54 Å². The van der Waals surface area contributed by atoms with E-state index in [1.54, 1.807) is 0 Å². The van der Waals surface area contributed by atoms with Crippen molar-refractivity contribution >= 4 is 0 Å². The van der Waals surface area contributed by atoms with Crippen LogP contribution in [0.3, 0.4) is 0 Å². The lowest BCUT2D eigenvalue weighted by molar-refractivity contribution is 0.116. The summed E-state index contributed by atoms with van der Waals surface area (Å²) in [6, 6.07) is 0. The predicted octanol–water partition coefficient (Wildman–Crippen LogP) is -0.160. The maximum atomic E-state index is 9.73. The summed E-state index contributed by atoms with van der Waals surface area (Å²) < 4.78 is 0. The number of aliphatic hydroxyl groups is 1. The van der Waals surface area contributed by atoms with Gasteiger partial charge in [-0.2, -0.15) is 0 Å². The zero-order valence-electron chi connectivity index (χ0n) is 10.7. The van der Waals surface area contributed by atoms with E-state index in [4.69, 9.17) is 0 Å². The van der Waals surface area contributed by atoms with Crippen molar-refractivity contribution in [2.75, 3.05) is 53.4 Å². The highest BCUT2D eigenvalue weighted by molar-refractivity contribution is 4.65. The molecule has 0 aromatic rings. The maximum Gasteiger partial charge on any atom is 0.0791 e. The molecular weight excluding hydrogens is 190 g/mol. The van der Waals surface area contributed by atoms with Gasteiger partial charge in [-0.1, -0.05) is 13.8 Å². The van der Waals surface area contributed by atoms with Crippen molar-refractivity contribution in [1.29, 1.82) is 0 Å². The number of hydrogen-bond acceptors (Lipinski definition) is 4.